The fourth-order valence-electron chi connectivity index (χ4n) is 0.436. The lowest BCUT2D eigenvalue weighted by Crippen LogP contribution is -2.54. The molecule has 2 nitrogen and oxygen atoms in total. The van der Waals surface area contributed by atoms with Gasteiger partial charge < -0.3 is 0 Å². The molecule has 0 aliphatic rings. The van der Waals surface area contributed by atoms with Gasteiger partial charge in [-0.3, -0.25) is 0 Å². The highest BCUT2D eigenvalue weighted by molar-refractivity contribution is 7.73. The lowest BCUT2D eigenvalue weighted by Gasteiger charge is -2.30. The summed E-state index contributed by atoms with van der Waals surface area (Å²) in [5.41, 5.74) is -4.41. The van der Waals surface area contributed by atoms with Crippen LogP contribution >= 0.6 is 0 Å². The Kier molecular flexibility index (Phi) is 2.98. The monoisotopic (exact) mass is 226 g/mol. The van der Waals surface area contributed by atoms with Gasteiger partial charge in [-0.25, -0.2) is 21.6 Å². The maximum atomic E-state index is 12.7. The molecule has 0 aliphatic heterocycles. The summed E-state index contributed by atoms with van der Waals surface area (Å²) >= 11 is 0. The quantitative estimate of drug-likeness (QED) is 0.585. The molecule has 0 heterocycles. The van der Waals surface area contributed by atoms with Crippen LogP contribution in [0.4, 0.5) is 22.0 Å². The lowest BCUT2D eigenvalue weighted by molar-refractivity contribution is -0.194. The number of alkyl halides is 5. The van der Waals surface area contributed by atoms with E-state index in [2.05, 4.69) is 0 Å². The molecule has 0 aliphatic carbocycles. The van der Waals surface area contributed by atoms with Crippen LogP contribution in [0.5, 0.6) is 0 Å². The fourth-order valence-corrected chi connectivity index (χ4v) is 0.975. The van der Waals surface area contributed by atoms with Crippen molar-refractivity contribution in [3.8, 4) is 0 Å². The summed E-state index contributed by atoms with van der Waals surface area (Å²) in [5, 5.41) is -5.08. The first-order valence-electron chi connectivity index (χ1n) is 3.03. The molecule has 0 saturated heterocycles. The molecule has 0 fully saturated rings. The maximum absolute atomic E-state index is 12.7. The average Bonchev–Trinajstić information content (AvgIpc) is 1.84. The van der Waals surface area contributed by atoms with Crippen molar-refractivity contribution in [2.45, 2.75) is 30.7 Å². The second-order valence-corrected chi connectivity index (χ2v) is 3.77. The third-order valence-corrected chi connectivity index (χ3v) is 2.50. The van der Waals surface area contributed by atoms with E-state index in [1.165, 1.54) is 0 Å². The third kappa shape index (κ3) is 1.92. The number of rotatable bonds is 3. The smallest absolute Gasteiger partial charge is 0.230 e. The second-order valence-electron chi connectivity index (χ2n) is 2.69. The van der Waals surface area contributed by atoms with Crippen LogP contribution in [0.15, 0.2) is 0 Å². The van der Waals surface area contributed by atoms with Gasteiger partial charge in [0.05, 0.1) is 0 Å². The minimum Gasteiger partial charge on any atom is -0.230 e. The fraction of sp³-hybridized carbons (Fsp3) is 1.00. The molecule has 0 saturated carbocycles. The summed E-state index contributed by atoms with van der Waals surface area (Å²) in [6, 6.07) is 0. The predicted molar refractivity (Wildman–Crippen MR) is 35.4 cm³/mol. The van der Waals surface area contributed by atoms with Crippen molar-refractivity contribution in [2.24, 2.45) is 0 Å². The van der Waals surface area contributed by atoms with Crippen molar-refractivity contribution in [3.05, 3.63) is 0 Å². The van der Waals surface area contributed by atoms with E-state index < -0.39 is 27.6 Å². The van der Waals surface area contributed by atoms with E-state index >= 15 is 0 Å². The van der Waals surface area contributed by atoms with Crippen molar-refractivity contribution >= 4 is 10.7 Å². The maximum Gasteiger partial charge on any atom is 0.381 e. The standard InChI is InChI=1S/C5H7F5O2S/c1-3(6,4(2,7)8)5(9,10)13(11)12/h13H,1-2H3. The summed E-state index contributed by atoms with van der Waals surface area (Å²) in [7, 11) is -4.58. The molecular weight excluding hydrogens is 219 g/mol. The summed E-state index contributed by atoms with van der Waals surface area (Å²) in [6.45, 7) is -0.266. The van der Waals surface area contributed by atoms with E-state index in [4.69, 9.17) is 0 Å². The highest BCUT2D eigenvalue weighted by Crippen LogP contribution is 2.44. The minimum atomic E-state index is -5.08. The zero-order valence-corrected chi connectivity index (χ0v) is 7.55. The van der Waals surface area contributed by atoms with Crippen LogP contribution in [0.25, 0.3) is 0 Å². The van der Waals surface area contributed by atoms with E-state index in [0.717, 1.165) is 0 Å². The summed E-state index contributed by atoms with van der Waals surface area (Å²) in [4.78, 5) is 0. The van der Waals surface area contributed by atoms with Crippen LogP contribution < -0.4 is 0 Å². The van der Waals surface area contributed by atoms with Crippen LogP contribution in [0.2, 0.25) is 0 Å². The number of hydrogen-bond donors (Lipinski definition) is 1. The van der Waals surface area contributed by atoms with Gasteiger partial charge in [0.1, 0.15) is 0 Å². The van der Waals surface area contributed by atoms with Crippen molar-refractivity contribution in [1.29, 1.82) is 0 Å². The molecule has 0 radical (unpaired) electrons. The molecule has 0 N–H and O–H groups in total. The van der Waals surface area contributed by atoms with Crippen LogP contribution in [-0.4, -0.2) is 25.3 Å². The Balaban J connectivity index is 5.28. The molecule has 0 spiro atoms. The highest BCUT2D eigenvalue weighted by Gasteiger charge is 2.66. The van der Waals surface area contributed by atoms with Crippen molar-refractivity contribution < 1.29 is 30.4 Å². The molecule has 0 amide bonds. The van der Waals surface area contributed by atoms with Crippen LogP contribution in [0.1, 0.15) is 13.8 Å². The molecule has 13 heavy (non-hydrogen) atoms. The summed E-state index contributed by atoms with van der Waals surface area (Å²) < 4.78 is 81.6. The van der Waals surface area contributed by atoms with E-state index in [9.17, 15) is 30.4 Å². The zero-order chi connectivity index (χ0) is 11.1. The Labute approximate surface area is 72.7 Å². The predicted octanol–water partition coefficient (Wildman–Crippen LogP) is 1.57. The lowest BCUT2D eigenvalue weighted by atomic mass is 10.0. The number of halogens is 5. The van der Waals surface area contributed by atoms with Crippen molar-refractivity contribution in [3.63, 3.8) is 0 Å². The van der Waals surface area contributed by atoms with E-state index in [0.29, 0.717) is 0 Å². The van der Waals surface area contributed by atoms with Gasteiger partial charge >= 0.3 is 5.25 Å². The van der Waals surface area contributed by atoms with E-state index in [-0.39, 0.29) is 13.8 Å². The summed E-state index contributed by atoms with van der Waals surface area (Å²) in [5.74, 6) is -4.44. The Morgan fingerprint density at radius 2 is 1.23 bits per heavy atom. The molecule has 0 aromatic rings. The molecule has 0 aromatic heterocycles. The third-order valence-electron chi connectivity index (χ3n) is 1.62. The number of thiol groups is 1. The first-order valence-corrected chi connectivity index (χ1v) is 4.21. The molecule has 0 rings (SSSR count). The molecule has 0 bridgehead atoms. The Bertz CT molecular complexity index is 257. The van der Waals surface area contributed by atoms with Crippen molar-refractivity contribution in [2.75, 3.05) is 0 Å². The molecular formula is C5H7F5O2S. The van der Waals surface area contributed by atoms with Gasteiger partial charge in [0, 0.05) is 6.92 Å². The Morgan fingerprint density at radius 3 is 1.31 bits per heavy atom. The van der Waals surface area contributed by atoms with E-state index in [1.807, 2.05) is 0 Å². The van der Waals surface area contributed by atoms with Gasteiger partial charge in [-0.2, -0.15) is 8.78 Å². The summed E-state index contributed by atoms with van der Waals surface area (Å²) in [6.07, 6.45) is 0. The normalized spacial score (nSPS) is 18.8. The molecule has 0 aromatic carbocycles. The Hall–Kier alpha value is -0.400. The first kappa shape index (κ1) is 12.6. The van der Waals surface area contributed by atoms with Gasteiger partial charge in [0.15, 0.2) is 0 Å². The number of hydrogen-bond acceptors (Lipinski definition) is 2. The second kappa shape index (κ2) is 3.07. The molecule has 1 unspecified atom stereocenters. The zero-order valence-electron chi connectivity index (χ0n) is 6.65. The van der Waals surface area contributed by atoms with Gasteiger partial charge in [-0.1, -0.05) is 0 Å². The van der Waals surface area contributed by atoms with Gasteiger partial charge in [0.25, 0.3) is 5.92 Å². The van der Waals surface area contributed by atoms with Gasteiger partial charge in [0.2, 0.25) is 16.4 Å². The van der Waals surface area contributed by atoms with Crippen LogP contribution in [0, 0.1) is 0 Å². The largest absolute Gasteiger partial charge is 0.381 e. The molecule has 1 atom stereocenters. The average molecular weight is 226 g/mol. The SMILES string of the molecule is CC(F)(F)C(C)(F)C(F)(F)[SH](=O)=O. The topological polar surface area (TPSA) is 34.1 Å². The highest BCUT2D eigenvalue weighted by atomic mass is 32.2. The van der Waals surface area contributed by atoms with Crippen LogP contribution in [0.3, 0.4) is 0 Å². The van der Waals surface area contributed by atoms with Crippen molar-refractivity contribution in [1.82, 2.24) is 0 Å². The first-order chi connectivity index (χ1) is 5.44. The Morgan fingerprint density at radius 1 is 0.923 bits per heavy atom. The van der Waals surface area contributed by atoms with Gasteiger partial charge in [-0.15, -0.1) is 0 Å². The molecule has 80 valence electrons. The van der Waals surface area contributed by atoms with Crippen LogP contribution in [-0.2, 0) is 10.7 Å². The molecule has 8 heteroatoms. The van der Waals surface area contributed by atoms with E-state index in [1.54, 1.807) is 0 Å². The van der Waals surface area contributed by atoms with Gasteiger partial charge in [-0.05, 0) is 6.92 Å². The minimum absolute atomic E-state index is 0.111.